The van der Waals surface area contributed by atoms with E-state index in [1.165, 1.54) is 11.1 Å². The van der Waals surface area contributed by atoms with Crippen molar-refractivity contribution in [1.82, 2.24) is 9.80 Å². The van der Waals surface area contributed by atoms with Crippen molar-refractivity contribution in [2.75, 3.05) is 33.7 Å². The van der Waals surface area contributed by atoms with E-state index in [0.717, 1.165) is 32.6 Å². The number of hydrogen-bond acceptors (Lipinski definition) is 2. The summed E-state index contributed by atoms with van der Waals surface area (Å²) in [5, 5.41) is 0. The summed E-state index contributed by atoms with van der Waals surface area (Å²) in [4.78, 5) is 4.73. The topological polar surface area (TPSA) is 6.48 Å². The maximum absolute atomic E-state index is 2.49. The molecule has 1 aromatic rings. The average molecular weight is 234 g/mol. The largest absolute Gasteiger partial charge is 0.308 e. The summed E-state index contributed by atoms with van der Waals surface area (Å²) in [7, 11) is 4.26. The normalized spacial score (nSPS) is 11.4. The van der Waals surface area contributed by atoms with Crippen LogP contribution in [0.1, 0.15) is 25.0 Å². The molecule has 0 atom stereocenters. The smallest absolute Gasteiger partial charge is 0.0234 e. The molecule has 0 unspecified atom stereocenters. The minimum absolute atomic E-state index is 1.06. The van der Waals surface area contributed by atoms with Crippen molar-refractivity contribution < 1.29 is 0 Å². The van der Waals surface area contributed by atoms with Gasteiger partial charge < -0.3 is 4.90 Å². The van der Waals surface area contributed by atoms with Gasteiger partial charge >= 0.3 is 0 Å². The Labute approximate surface area is 106 Å². The van der Waals surface area contributed by atoms with E-state index in [1.807, 2.05) is 0 Å². The first-order valence-electron chi connectivity index (χ1n) is 6.60. The highest BCUT2D eigenvalue weighted by molar-refractivity contribution is 5.22. The molecule has 0 aliphatic rings. The number of aryl methyl sites for hydroxylation is 1. The van der Waals surface area contributed by atoms with Crippen molar-refractivity contribution in [1.29, 1.82) is 0 Å². The van der Waals surface area contributed by atoms with Gasteiger partial charge in [-0.05, 0) is 38.2 Å². The Bertz CT molecular complexity index is 303. The predicted molar refractivity (Wildman–Crippen MR) is 75.3 cm³/mol. The van der Waals surface area contributed by atoms with Gasteiger partial charge in [-0.2, -0.15) is 0 Å². The molecule has 0 aliphatic heterocycles. The van der Waals surface area contributed by atoms with Crippen molar-refractivity contribution in [3.63, 3.8) is 0 Å². The van der Waals surface area contributed by atoms with Crippen molar-refractivity contribution in [2.24, 2.45) is 0 Å². The SMILES string of the molecule is CCc1ccc(CN(CC)CCN(C)C)cc1. The Morgan fingerprint density at radius 3 is 1.94 bits per heavy atom. The fourth-order valence-corrected chi connectivity index (χ4v) is 1.83. The molecule has 0 heterocycles. The van der Waals surface area contributed by atoms with Gasteiger partial charge in [0, 0.05) is 19.6 Å². The van der Waals surface area contributed by atoms with Gasteiger partial charge in [0.05, 0.1) is 0 Å². The van der Waals surface area contributed by atoms with Crippen molar-refractivity contribution >= 4 is 0 Å². The summed E-state index contributed by atoms with van der Waals surface area (Å²) in [6.07, 6.45) is 1.12. The Hall–Kier alpha value is -0.860. The third-order valence-electron chi connectivity index (χ3n) is 3.15. The molecule has 0 saturated heterocycles. The number of rotatable bonds is 7. The molecule has 2 heteroatoms. The second kappa shape index (κ2) is 7.46. The van der Waals surface area contributed by atoms with E-state index in [1.54, 1.807) is 0 Å². The molecule has 0 radical (unpaired) electrons. The van der Waals surface area contributed by atoms with E-state index >= 15 is 0 Å². The van der Waals surface area contributed by atoms with E-state index in [0.29, 0.717) is 0 Å². The maximum atomic E-state index is 2.49. The molecule has 0 bridgehead atoms. The zero-order valence-electron chi connectivity index (χ0n) is 11.7. The Kier molecular flexibility index (Phi) is 6.23. The molecular formula is C15H26N2. The molecule has 1 rings (SSSR count). The molecule has 0 amide bonds. The highest BCUT2D eigenvalue weighted by Gasteiger charge is 2.04. The number of nitrogens with zero attached hydrogens (tertiary/aromatic N) is 2. The lowest BCUT2D eigenvalue weighted by molar-refractivity contribution is 0.244. The van der Waals surface area contributed by atoms with Crippen LogP contribution in [0.15, 0.2) is 24.3 Å². The van der Waals surface area contributed by atoms with Crippen molar-refractivity contribution in [3.05, 3.63) is 35.4 Å². The quantitative estimate of drug-likeness (QED) is 0.715. The minimum Gasteiger partial charge on any atom is -0.308 e. The standard InChI is InChI=1S/C15H26N2/c1-5-14-7-9-15(10-8-14)13-17(6-2)12-11-16(3)4/h7-10H,5-6,11-13H2,1-4H3. The first-order chi connectivity index (χ1) is 8.15. The molecular weight excluding hydrogens is 208 g/mol. The lowest BCUT2D eigenvalue weighted by Gasteiger charge is -2.22. The van der Waals surface area contributed by atoms with Crippen molar-refractivity contribution in [2.45, 2.75) is 26.8 Å². The third-order valence-corrected chi connectivity index (χ3v) is 3.15. The summed E-state index contributed by atoms with van der Waals surface area (Å²) in [6, 6.07) is 9.01. The van der Waals surface area contributed by atoms with Crippen LogP contribution >= 0.6 is 0 Å². The summed E-state index contributed by atoms with van der Waals surface area (Å²) in [5.41, 5.74) is 2.84. The van der Waals surface area contributed by atoms with Crippen LogP contribution in [0.4, 0.5) is 0 Å². The van der Waals surface area contributed by atoms with Crippen LogP contribution in [0.3, 0.4) is 0 Å². The van der Waals surface area contributed by atoms with Gasteiger partial charge in [0.15, 0.2) is 0 Å². The lowest BCUT2D eigenvalue weighted by atomic mass is 10.1. The summed E-state index contributed by atoms with van der Waals surface area (Å²) in [6.45, 7) is 8.87. The van der Waals surface area contributed by atoms with Crippen molar-refractivity contribution in [3.8, 4) is 0 Å². The van der Waals surface area contributed by atoms with E-state index < -0.39 is 0 Å². The molecule has 0 N–H and O–H groups in total. The first kappa shape index (κ1) is 14.2. The average Bonchev–Trinajstić information content (AvgIpc) is 2.35. The zero-order chi connectivity index (χ0) is 12.7. The highest BCUT2D eigenvalue weighted by atomic mass is 15.2. The number of hydrogen-bond donors (Lipinski definition) is 0. The van der Waals surface area contributed by atoms with Gasteiger partial charge in [-0.25, -0.2) is 0 Å². The Morgan fingerprint density at radius 2 is 1.47 bits per heavy atom. The fourth-order valence-electron chi connectivity index (χ4n) is 1.83. The Morgan fingerprint density at radius 1 is 0.882 bits per heavy atom. The summed E-state index contributed by atoms with van der Waals surface area (Å²) in [5.74, 6) is 0. The molecule has 0 aliphatic carbocycles. The lowest BCUT2D eigenvalue weighted by Crippen LogP contribution is -2.31. The van der Waals surface area contributed by atoms with Gasteiger partial charge in [-0.3, -0.25) is 4.90 Å². The van der Waals surface area contributed by atoms with Crippen LogP contribution < -0.4 is 0 Å². The van der Waals surface area contributed by atoms with Crippen LogP contribution in [0.5, 0.6) is 0 Å². The zero-order valence-corrected chi connectivity index (χ0v) is 11.7. The molecule has 96 valence electrons. The summed E-state index contributed by atoms with van der Waals surface area (Å²) < 4.78 is 0. The van der Waals surface area contributed by atoms with Gasteiger partial charge in [0.25, 0.3) is 0 Å². The van der Waals surface area contributed by atoms with Gasteiger partial charge in [0.1, 0.15) is 0 Å². The third kappa shape index (κ3) is 5.33. The van der Waals surface area contributed by atoms with Crippen LogP contribution in [-0.4, -0.2) is 43.5 Å². The molecule has 17 heavy (non-hydrogen) atoms. The molecule has 0 aromatic heterocycles. The van der Waals surface area contributed by atoms with E-state index in [4.69, 9.17) is 0 Å². The molecule has 0 saturated carbocycles. The molecule has 0 spiro atoms. The van der Waals surface area contributed by atoms with Gasteiger partial charge in [0.2, 0.25) is 0 Å². The molecule has 1 aromatic carbocycles. The first-order valence-corrected chi connectivity index (χ1v) is 6.60. The number of benzene rings is 1. The Balaban J connectivity index is 2.48. The van der Waals surface area contributed by atoms with Crippen LogP contribution in [0, 0.1) is 0 Å². The second-order valence-corrected chi connectivity index (χ2v) is 4.84. The van der Waals surface area contributed by atoms with Crippen LogP contribution in [-0.2, 0) is 13.0 Å². The van der Waals surface area contributed by atoms with E-state index in [2.05, 4.69) is 62.0 Å². The van der Waals surface area contributed by atoms with E-state index in [9.17, 15) is 0 Å². The second-order valence-electron chi connectivity index (χ2n) is 4.84. The maximum Gasteiger partial charge on any atom is 0.0234 e. The molecule has 2 nitrogen and oxygen atoms in total. The summed E-state index contributed by atoms with van der Waals surface area (Å²) >= 11 is 0. The van der Waals surface area contributed by atoms with E-state index in [-0.39, 0.29) is 0 Å². The minimum atomic E-state index is 1.06. The van der Waals surface area contributed by atoms with Gasteiger partial charge in [-0.15, -0.1) is 0 Å². The number of likely N-dealkylation sites (N-methyl/N-ethyl adjacent to an activating group) is 2. The monoisotopic (exact) mass is 234 g/mol. The van der Waals surface area contributed by atoms with Gasteiger partial charge in [-0.1, -0.05) is 38.1 Å². The predicted octanol–water partition coefficient (Wildman–Crippen LogP) is 2.63. The van der Waals surface area contributed by atoms with Crippen LogP contribution in [0.2, 0.25) is 0 Å². The highest BCUT2D eigenvalue weighted by Crippen LogP contribution is 2.08. The molecule has 0 fully saturated rings. The fraction of sp³-hybridized carbons (Fsp3) is 0.600. The van der Waals surface area contributed by atoms with Crippen LogP contribution in [0.25, 0.3) is 0 Å².